The molecule has 9 rings (SSSR count). The first-order valence-electron chi connectivity index (χ1n) is 19.9. The maximum absolute atomic E-state index is 14.5. The van der Waals surface area contributed by atoms with Crippen molar-refractivity contribution in [3.05, 3.63) is 128 Å². The van der Waals surface area contributed by atoms with E-state index in [1.165, 1.54) is 9.13 Å². The molecule has 296 valence electrons. The average Bonchev–Trinajstić information content (AvgIpc) is 3.63. The first kappa shape index (κ1) is 37.7. The van der Waals surface area contributed by atoms with E-state index in [-0.39, 0.29) is 19.1 Å². The first-order valence-corrected chi connectivity index (χ1v) is 19.9. The Bertz CT molecular complexity index is 3030. The third-order valence-corrected chi connectivity index (χ3v) is 11.3. The Morgan fingerprint density at radius 1 is 0.695 bits per heavy atom. The molecular weight excluding hydrogens is 741 g/mol. The van der Waals surface area contributed by atoms with Crippen molar-refractivity contribution >= 4 is 49.8 Å². The molecule has 6 heterocycles. The number of benzene rings is 3. The number of hydrogen-bond acceptors (Lipinski definition) is 11. The van der Waals surface area contributed by atoms with Crippen LogP contribution in [0.15, 0.2) is 82.4 Å². The lowest BCUT2D eigenvalue weighted by atomic mass is 10.0. The molecule has 14 nitrogen and oxygen atoms in total. The molecule has 14 heteroatoms. The highest BCUT2D eigenvalue weighted by molar-refractivity contribution is 5.82. The zero-order valence-electron chi connectivity index (χ0n) is 33.8. The number of fused-ring (bicyclic) bond motifs is 4. The molecule has 0 N–H and O–H groups in total. The standard InChI is InChI=1S/C45H44N12O2/c1-6-7-23-56-41-42(53(5)45(59)57(43(41)58)27-40-48-30(4)34-18-10-13-21-37(34)51-40)52-44(56)54-22-14-15-31(24-54)55(25-38-46-28(2)32-16-8-11-19-35(32)49-38)26-39-47-29(3)33-17-9-12-20-36(33)50-39/h8-13,16-21,31H,14-15,22-27H2,1-5H3/t31-/m1/s1. The molecule has 0 aliphatic carbocycles. The fourth-order valence-electron chi connectivity index (χ4n) is 8.40. The molecule has 1 atom stereocenters. The van der Waals surface area contributed by atoms with Gasteiger partial charge in [0.25, 0.3) is 5.56 Å². The minimum atomic E-state index is -0.492. The molecule has 1 fully saturated rings. The van der Waals surface area contributed by atoms with Gasteiger partial charge in [-0.2, -0.15) is 4.98 Å². The van der Waals surface area contributed by atoms with Crippen LogP contribution in [0.3, 0.4) is 0 Å². The van der Waals surface area contributed by atoms with Crippen molar-refractivity contribution in [2.24, 2.45) is 7.05 Å². The van der Waals surface area contributed by atoms with Crippen molar-refractivity contribution in [2.75, 3.05) is 18.0 Å². The van der Waals surface area contributed by atoms with E-state index in [1.807, 2.05) is 86.0 Å². The Kier molecular flexibility index (Phi) is 9.90. The second kappa shape index (κ2) is 15.5. The lowest BCUT2D eigenvalue weighted by Gasteiger charge is -2.39. The topological polar surface area (TPSA) is 146 Å². The largest absolute Gasteiger partial charge is 0.341 e. The molecule has 8 aromatic rings. The van der Waals surface area contributed by atoms with Gasteiger partial charge in [0.2, 0.25) is 5.95 Å². The van der Waals surface area contributed by atoms with Gasteiger partial charge < -0.3 is 4.90 Å². The third kappa shape index (κ3) is 7.08. The molecule has 1 aliphatic rings. The number of imidazole rings is 1. The monoisotopic (exact) mass is 784 g/mol. The summed E-state index contributed by atoms with van der Waals surface area (Å²) < 4.78 is 4.50. The predicted molar refractivity (Wildman–Crippen MR) is 229 cm³/mol. The van der Waals surface area contributed by atoms with Crippen LogP contribution in [0, 0.1) is 32.6 Å². The zero-order chi connectivity index (χ0) is 40.8. The van der Waals surface area contributed by atoms with Gasteiger partial charge in [-0.15, -0.1) is 5.92 Å². The SMILES string of the molecule is CC#CCn1c(N2CCC[C@@H](N(Cc3nc(C)c4ccccc4n3)Cc3nc(C)c4ccccc4n3)C2)nc2c1c(=O)n(Cc1nc(C)c3ccccc3n1)c(=O)n2C. The van der Waals surface area contributed by atoms with Crippen LogP contribution in [0.4, 0.5) is 5.95 Å². The Morgan fingerprint density at radius 3 is 1.78 bits per heavy atom. The Labute approximate surface area is 340 Å². The number of para-hydroxylation sites is 3. The molecule has 1 saturated heterocycles. The maximum Gasteiger partial charge on any atom is 0.332 e. The molecule has 3 aromatic carbocycles. The Balaban J connectivity index is 1.10. The summed E-state index contributed by atoms with van der Waals surface area (Å²) >= 11 is 0. The van der Waals surface area contributed by atoms with Gasteiger partial charge in [0, 0.05) is 59.4 Å². The highest BCUT2D eigenvalue weighted by Gasteiger charge is 2.31. The minimum Gasteiger partial charge on any atom is -0.341 e. The van der Waals surface area contributed by atoms with Crippen molar-refractivity contribution in [1.29, 1.82) is 0 Å². The van der Waals surface area contributed by atoms with Gasteiger partial charge in [-0.3, -0.25) is 23.4 Å². The molecule has 0 radical (unpaired) electrons. The number of aryl methyl sites for hydroxylation is 4. The normalized spacial score (nSPS) is 14.5. The summed E-state index contributed by atoms with van der Waals surface area (Å²) in [5, 5.41) is 2.98. The van der Waals surface area contributed by atoms with E-state index in [9.17, 15) is 9.59 Å². The average molecular weight is 785 g/mol. The Hall–Kier alpha value is -6.85. The third-order valence-electron chi connectivity index (χ3n) is 11.3. The highest BCUT2D eigenvalue weighted by atomic mass is 16.2. The second-order valence-electron chi connectivity index (χ2n) is 15.2. The molecule has 0 saturated carbocycles. The van der Waals surface area contributed by atoms with E-state index in [0.29, 0.717) is 49.1 Å². The fourth-order valence-corrected chi connectivity index (χ4v) is 8.40. The summed E-state index contributed by atoms with van der Waals surface area (Å²) in [4.78, 5) is 67.3. The lowest BCUT2D eigenvalue weighted by molar-refractivity contribution is 0.150. The quantitative estimate of drug-likeness (QED) is 0.174. The lowest BCUT2D eigenvalue weighted by Crippen LogP contribution is -2.48. The first-order chi connectivity index (χ1) is 28.7. The molecular formula is C45H44N12O2. The van der Waals surface area contributed by atoms with E-state index < -0.39 is 11.2 Å². The summed E-state index contributed by atoms with van der Waals surface area (Å²) in [5.41, 5.74) is 4.86. The van der Waals surface area contributed by atoms with E-state index >= 15 is 0 Å². The molecule has 1 aliphatic heterocycles. The fraction of sp³-hybridized carbons (Fsp3) is 0.311. The van der Waals surface area contributed by atoms with Gasteiger partial charge >= 0.3 is 5.69 Å². The van der Waals surface area contributed by atoms with Crippen molar-refractivity contribution < 1.29 is 0 Å². The summed E-state index contributed by atoms with van der Waals surface area (Å²) in [6.45, 7) is 10.1. The smallest absolute Gasteiger partial charge is 0.332 e. The predicted octanol–water partition coefficient (Wildman–Crippen LogP) is 5.39. The van der Waals surface area contributed by atoms with Gasteiger partial charge in [0.15, 0.2) is 11.2 Å². The summed E-state index contributed by atoms with van der Waals surface area (Å²) in [6.07, 6.45) is 1.77. The molecule has 0 amide bonds. The molecule has 0 spiro atoms. The van der Waals surface area contributed by atoms with Crippen LogP contribution < -0.4 is 16.1 Å². The van der Waals surface area contributed by atoms with Crippen LogP contribution in [0.5, 0.6) is 0 Å². The van der Waals surface area contributed by atoms with E-state index in [2.05, 4.69) is 38.8 Å². The van der Waals surface area contributed by atoms with E-state index in [1.54, 1.807) is 14.0 Å². The number of hydrogen-bond donors (Lipinski definition) is 0. The van der Waals surface area contributed by atoms with Crippen LogP contribution in [0.1, 0.15) is 54.3 Å². The summed E-state index contributed by atoms with van der Waals surface area (Å²) in [5.74, 6) is 8.57. The number of aromatic nitrogens is 10. The molecule has 0 bridgehead atoms. The number of piperidine rings is 1. The van der Waals surface area contributed by atoms with E-state index in [4.69, 9.17) is 29.9 Å². The Morgan fingerprint density at radius 2 is 1.22 bits per heavy atom. The number of rotatable bonds is 9. The molecule has 0 unspecified atom stereocenters. The van der Waals surface area contributed by atoms with Gasteiger partial charge in [-0.1, -0.05) is 60.5 Å². The van der Waals surface area contributed by atoms with Crippen molar-refractivity contribution in [3.8, 4) is 11.8 Å². The second-order valence-corrected chi connectivity index (χ2v) is 15.2. The van der Waals surface area contributed by atoms with Crippen LogP contribution in [-0.2, 0) is 33.2 Å². The number of nitrogens with zero attached hydrogens (tertiary/aromatic N) is 12. The minimum absolute atomic E-state index is 0.0220. The van der Waals surface area contributed by atoms with Gasteiger partial charge in [-0.25, -0.2) is 34.7 Å². The van der Waals surface area contributed by atoms with E-state index in [0.717, 1.165) is 74.3 Å². The van der Waals surface area contributed by atoms with Gasteiger partial charge in [-0.05, 0) is 58.7 Å². The van der Waals surface area contributed by atoms with Crippen LogP contribution in [0.25, 0.3) is 43.9 Å². The highest BCUT2D eigenvalue weighted by Crippen LogP contribution is 2.28. The zero-order valence-corrected chi connectivity index (χ0v) is 33.8. The van der Waals surface area contributed by atoms with Gasteiger partial charge in [0.05, 0.1) is 42.7 Å². The van der Waals surface area contributed by atoms with Gasteiger partial charge in [0.1, 0.15) is 17.5 Å². The van der Waals surface area contributed by atoms with Crippen LogP contribution in [-0.4, -0.2) is 72.6 Å². The van der Waals surface area contributed by atoms with Crippen LogP contribution in [0.2, 0.25) is 0 Å². The van der Waals surface area contributed by atoms with Crippen LogP contribution >= 0.6 is 0 Å². The summed E-state index contributed by atoms with van der Waals surface area (Å²) in [7, 11) is 1.65. The number of anilines is 1. The maximum atomic E-state index is 14.5. The molecule has 59 heavy (non-hydrogen) atoms. The van der Waals surface area contributed by atoms with Crippen molar-refractivity contribution in [2.45, 2.75) is 72.8 Å². The van der Waals surface area contributed by atoms with Crippen molar-refractivity contribution in [1.82, 2.24) is 53.5 Å². The molecule has 5 aromatic heterocycles. The van der Waals surface area contributed by atoms with Crippen molar-refractivity contribution in [3.63, 3.8) is 0 Å². The summed E-state index contributed by atoms with van der Waals surface area (Å²) in [6, 6.07) is 23.9.